The molecule has 3 rings (SSSR count). The fourth-order valence-corrected chi connectivity index (χ4v) is 3.43. The third kappa shape index (κ3) is 2.69. The molecule has 4 nitrogen and oxygen atoms in total. The van der Waals surface area contributed by atoms with Gasteiger partial charge in [0.1, 0.15) is 5.76 Å². The van der Waals surface area contributed by atoms with E-state index in [1.165, 1.54) is 10.4 Å². The van der Waals surface area contributed by atoms with Crippen molar-refractivity contribution in [3.8, 4) is 0 Å². The average molecular weight is 298 g/mol. The first-order chi connectivity index (χ1) is 10.2. The Morgan fingerprint density at radius 2 is 2.33 bits per heavy atom. The second-order valence-electron chi connectivity index (χ2n) is 4.85. The highest BCUT2D eigenvalue weighted by atomic mass is 32.1. The maximum absolute atomic E-state index is 5.83. The number of hydrogen-bond donors (Lipinski definition) is 2. The van der Waals surface area contributed by atoms with E-state index < -0.39 is 0 Å². The zero-order valence-electron chi connectivity index (χ0n) is 12.1. The van der Waals surface area contributed by atoms with Crippen LogP contribution in [0.15, 0.2) is 28.9 Å². The van der Waals surface area contributed by atoms with Crippen molar-refractivity contribution in [2.45, 2.75) is 26.8 Å². The highest BCUT2D eigenvalue weighted by molar-refractivity contribution is 7.19. The summed E-state index contributed by atoms with van der Waals surface area (Å²) >= 11 is 1.71. The summed E-state index contributed by atoms with van der Waals surface area (Å²) in [6.07, 6.45) is 1.69. The largest absolute Gasteiger partial charge is 0.467 e. The van der Waals surface area contributed by atoms with Crippen LogP contribution < -0.4 is 16.6 Å². The van der Waals surface area contributed by atoms with Crippen molar-refractivity contribution < 1.29 is 4.42 Å². The van der Waals surface area contributed by atoms with Crippen molar-refractivity contribution in [2.24, 2.45) is 5.73 Å². The monoisotopic (exact) mass is 298 g/mol. The van der Waals surface area contributed by atoms with Gasteiger partial charge in [0.05, 0.1) is 28.7 Å². The predicted octanol–water partition coefficient (Wildman–Crippen LogP) is 2.65. The maximum Gasteiger partial charge on any atom is 0.174 e. The van der Waals surface area contributed by atoms with E-state index in [0.29, 0.717) is 13.1 Å². The summed E-state index contributed by atoms with van der Waals surface area (Å²) in [5, 5.41) is 3.45. The Morgan fingerprint density at radius 3 is 3.00 bits per heavy atom. The van der Waals surface area contributed by atoms with Crippen molar-refractivity contribution >= 4 is 40.1 Å². The summed E-state index contributed by atoms with van der Waals surface area (Å²) in [5.41, 5.74) is 10.1. The van der Waals surface area contributed by atoms with Crippen molar-refractivity contribution in [3.63, 3.8) is 0 Å². The number of fused-ring (bicyclic) bond motifs is 1. The van der Waals surface area contributed by atoms with Crippen LogP contribution in [0, 0.1) is 6.92 Å². The number of nitrogens with two attached hydrogens (primary N) is 1. The molecule has 0 atom stereocenters. The van der Waals surface area contributed by atoms with Gasteiger partial charge in [-0.05, 0) is 36.3 Å². The summed E-state index contributed by atoms with van der Waals surface area (Å²) in [5.74, 6) is 0.911. The number of furan rings is 1. The van der Waals surface area contributed by atoms with E-state index in [-0.39, 0.29) is 0 Å². The van der Waals surface area contributed by atoms with E-state index >= 15 is 0 Å². The Labute approximate surface area is 128 Å². The lowest BCUT2D eigenvalue weighted by Gasteiger charge is -2.08. The molecule has 0 saturated carbocycles. The van der Waals surface area contributed by atoms with Crippen LogP contribution in [0.4, 0.5) is 5.69 Å². The quantitative estimate of drug-likeness (QED) is 0.711. The third-order valence-corrected chi connectivity index (χ3v) is 4.84. The maximum atomic E-state index is 5.83. The highest BCUT2D eigenvalue weighted by Crippen LogP contribution is 2.33. The van der Waals surface area contributed by atoms with E-state index in [1.807, 2.05) is 26.2 Å². The minimum Gasteiger partial charge on any atom is -0.467 e. The van der Waals surface area contributed by atoms with Crippen LogP contribution in [-0.4, -0.2) is 12.3 Å². The van der Waals surface area contributed by atoms with Crippen LogP contribution in [0.5, 0.6) is 0 Å². The Bertz CT molecular complexity index is 752. The van der Waals surface area contributed by atoms with Crippen molar-refractivity contribution in [2.75, 3.05) is 5.32 Å². The van der Waals surface area contributed by atoms with E-state index in [2.05, 4.69) is 18.3 Å². The van der Waals surface area contributed by atoms with Crippen molar-refractivity contribution in [1.82, 2.24) is 4.98 Å². The Morgan fingerprint density at radius 1 is 1.48 bits per heavy atom. The van der Waals surface area contributed by atoms with E-state index in [0.717, 1.165) is 27.3 Å². The molecular formula is C15H17BN3OS. The molecule has 0 amide bonds. The predicted molar refractivity (Wildman–Crippen MR) is 89.5 cm³/mol. The molecule has 0 bridgehead atoms. The molecule has 0 unspecified atom stereocenters. The van der Waals surface area contributed by atoms with Gasteiger partial charge in [0.2, 0.25) is 0 Å². The minimum absolute atomic E-state index is 0.551. The van der Waals surface area contributed by atoms with Gasteiger partial charge in [0, 0.05) is 11.4 Å². The molecule has 3 N–H and O–H groups in total. The van der Waals surface area contributed by atoms with Crippen molar-refractivity contribution in [3.05, 3.63) is 40.7 Å². The molecule has 107 valence electrons. The number of anilines is 1. The summed E-state index contributed by atoms with van der Waals surface area (Å²) < 4.78 is 6.53. The van der Waals surface area contributed by atoms with E-state index in [1.54, 1.807) is 17.6 Å². The third-order valence-electron chi connectivity index (χ3n) is 3.51. The summed E-state index contributed by atoms with van der Waals surface area (Å²) in [7, 11) is 2.01. The number of aryl methyl sites for hydroxylation is 1. The van der Waals surface area contributed by atoms with Crippen LogP contribution in [-0.2, 0) is 13.1 Å². The van der Waals surface area contributed by atoms with Crippen LogP contribution in [0.25, 0.3) is 10.2 Å². The normalized spacial score (nSPS) is 11.0. The minimum atomic E-state index is 0.551. The number of thiophene rings is 1. The van der Waals surface area contributed by atoms with Gasteiger partial charge >= 0.3 is 0 Å². The van der Waals surface area contributed by atoms with Gasteiger partial charge in [-0.15, -0.1) is 11.3 Å². The Hall–Kier alpha value is -1.79. The zero-order valence-corrected chi connectivity index (χ0v) is 13.0. The van der Waals surface area contributed by atoms with Gasteiger partial charge in [-0.3, -0.25) is 4.98 Å². The fraction of sp³-hybridized carbons (Fsp3) is 0.267. The van der Waals surface area contributed by atoms with E-state index in [9.17, 15) is 0 Å². The van der Waals surface area contributed by atoms with Gasteiger partial charge in [-0.1, -0.05) is 6.82 Å². The molecule has 3 aromatic heterocycles. The first kappa shape index (κ1) is 14.2. The van der Waals surface area contributed by atoms with E-state index in [4.69, 9.17) is 15.1 Å². The van der Waals surface area contributed by atoms with Gasteiger partial charge in [0.15, 0.2) is 7.28 Å². The lowest BCUT2D eigenvalue weighted by atomic mass is 9.77. The molecule has 0 spiro atoms. The molecule has 0 aliphatic heterocycles. The van der Waals surface area contributed by atoms with Gasteiger partial charge in [-0.2, -0.15) is 0 Å². The van der Waals surface area contributed by atoms with Crippen molar-refractivity contribution in [1.29, 1.82) is 0 Å². The number of pyridine rings is 1. The Balaban J connectivity index is 2.02. The smallest absolute Gasteiger partial charge is 0.174 e. The first-order valence-corrected chi connectivity index (χ1v) is 7.73. The summed E-state index contributed by atoms with van der Waals surface area (Å²) in [6.45, 7) is 5.29. The molecular weight excluding hydrogens is 281 g/mol. The first-order valence-electron chi connectivity index (χ1n) is 6.91. The molecule has 0 aliphatic rings. The number of nitrogens with zero attached hydrogens (tertiary/aromatic N) is 1. The van der Waals surface area contributed by atoms with Gasteiger partial charge < -0.3 is 15.5 Å². The number of aromatic nitrogens is 1. The average Bonchev–Trinajstić information content (AvgIpc) is 3.13. The van der Waals surface area contributed by atoms with Crippen LogP contribution in [0.3, 0.4) is 0 Å². The number of nitrogens with one attached hydrogen (secondary N) is 1. The van der Waals surface area contributed by atoms with Crippen LogP contribution in [0.1, 0.15) is 16.2 Å². The van der Waals surface area contributed by atoms with Crippen LogP contribution in [0.2, 0.25) is 6.82 Å². The molecule has 6 heteroatoms. The molecule has 21 heavy (non-hydrogen) atoms. The summed E-state index contributed by atoms with van der Waals surface area (Å²) in [4.78, 5) is 5.89. The van der Waals surface area contributed by atoms with Crippen LogP contribution >= 0.6 is 11.3 Å². The van der Waals surface area contributed by atoms with Gasteiger partial charge in [0.25, 0.3) is 0 Å². The second-order valence-corrected chi connectivity index (χ2v) is 5.95. The number of rotatable bonds is 5. The molecule has 0 aromatic carbocycles. The molecule has 1 radical (unpaired) electrons. The number of hydrogen-bond acceptors (Lipinski definition) is 5. The molecule has 0 fully saturated rings. The fourth-order valence-electron chi connectivity index (χ4n) is 2.31. The highest BCUT2D eigenvalue weighted by Gasteiger charge is 2.14. The topological polar surface area (TPSA) is 64.1 Å². The molecule has 3 heterocycles. The second kappa shape index (κ2) is 5.91. The molecule has 0 aliphatic carbocycles. The molecule has 0 saturated heterocycles. The Kier molecular flexibility index (Phi) is 3.99. The lowest BCUT2D eigenvalue weighted by Crippen LogP contribution is -2.16. The standard InChI is InChI=1S/C15H17BN3OS/c1-9-12(7-17)21-15-11(6-13(16-2)19-14(9)15)18-8-10-4-3-5-20-10/h3-6H,7-8,17H2,1-2H3,(H,18,19). The zero-order chi connectivity index (χ0) is 14.8. The molecule has 3 aromatic rings. The van der Waals surface area contributed by atoms with Gasteiger partial charge in [-0.25, -0.2) is 0 Å². The summed E-state index contributed by atoms with van der Waals surface area (Å²) in [6, 6.07) is 5.93. The SMILES string of the molecule is C[B]c1cc(NCc2ccco2)c2sc(CN)c(C)c2n1. The lowest BCUT2D eigenvalue weighted by molar-refractivity contribution is 0.518.